The highest BCUT2D eigenvalue weighted by Crippen LogP contribution is 2.27. The van der Waals surface area contributed by atoms with E-state index in [4.69, 9.17) is 4.98 Å². The molecule has 0 amide bonds. The zero-order valence-electron chi connectivity index (χ0n) is 14.9. The number of aliphatic hydroxyl groups excluding tert-OH is 1. The summed E-state index contributed by atoms with van der Waals surface area (Å²) in [6.45, 7) is 1.16. The molecule has 5 nitrogen and oxygen atoms in total. The Labute approximate surface area is 153 Å². The minimum atomic E-state index is -0.557. The molecule has 1 heterocycles. The third kappa shape index (κ3) is 4.58. The van der Waals surface area contributed by atoms with Gasteiger partial charge < -0.3 is 15.3 Å². The zero-order valence-corrected chi connectivity index (χ0v) is 15.7. The van der Waals surface area contributed by atoms with Crippen molar-refractivity contribution in [2.75, 3.05) is 20.6 Å². The van der Waals surface area contributed by atoms with E-state index >= 15 is 0 Å². The number of nitrogens with one attached hydrogen (secondary N) is 1. The number of thiazole rings is 1. The predicted octanol–water partition coefficient (Wildman–Crippen LogP) is 2.76. The topological polar surface area (TPSA) is 60.8 Å². The lowest BCUT2D eigenvalue weighted by Gasteiger charge is -2.22. The summed E-state index contributed by atoms with van der Waals surface area (Å²) in [7, 11) is 3.77. The summed E-state index contributed by atoms with van der Waals surface area (Å²) in [5, 5.41) is 14.7. The SMILES string of the molecule is CN=C(NCC(O)c1ccccc1)N(C)Cc1nc2c(s1)CCCC2. The number of fused-ring (bicyclic) bond motifs is 1. The van der Waals surface area contributed by atoms with Gasteiger partial charge in [-0.25, -0.2) is 4.98 Å². The Balaban J connectivity index is 1.56. The lowest BCUT2D eigenvalue weighted by atomic mass is 10.0. The van der Waals surface area contributed by atoms with Crippen LogP contribution in [0.4, 0.5) is 0 Å². The number of aliphatic hydroxyl groups is 1. The fourth-order valence-electron chi connectivity index (χ4n) is 3.12. The van der Waals surface area contributed by atoms with Gasteiger partial charge >= 0.3 is 0 Å². The molecule has 0 spiro atoms. The van der Waals surface area contributed by atoms with Crippen LogP contribution in [-0.2, 0) is 19.4 Å². The van der Waals surface area contributed by atoms with Crippen LogP contribution in [0.3, 0.4) is 0 Å². The summed E-state index contributed by atoms with van der Waals surface area (Å²) < 4.78 is 0. The van der Waals surface area contributed by atoms with E-state index in [2.05, 4.69) is 15.2 Å². The van der Waals surface area contributed by atoms with Crippen LogP contribution in [0.1, 0.15) is 40.1 Å². The van der Waals surface area contributed by atoms with Crippen molar-refractivity contribution in [1.82, 2.24) is 15.2 Å². The highest BCUT2D eigenvalue weighted by Gasteiger charge is 2.17. The number of aryl methyl sites for hydroxylation is 2. The van der Waals surface area contributed by atoms with Crippen LogP contribution in [0.2, 0.25) is 0 Å². The molecule has 2 N–H and O–H groups in total. The molecule has 1 aromatic carbocycles. The van der Waals surface area contributed by atoms with Gasteiger partial charge in [0.05, 0.1) is 18.3 Å². The predicted molar refractivity (Wildman–Crippen MR) is 103 cm³/mol. The second-order valence-corrected chi connectivity index (χ2v) is 7.56. The average Bonchev–Trinajstić information content (AvgIpc) is 3.05. The van der Waals surface area contributed by atoms with Crippen molar-refractivity contribution in [3.05, 3.63) is 51.5 Å². The molecule has 1 atom stereocenters. The fraction of sp³-hybridized carbons (Fsp3) is 0.474. The number of rotatable bonds is 5. The Morgan fingerprint density at radius 2 is 2.08 bits per heavy atom. The Bertz CT molecular complexity index is 690. The van der Waals surface area contributed by atoms with E-state index in [0.29, 0.717) is 6.54 Å². The number of hydrogen-bond donors (Lipinski definition) is 2. The molecule has 134 valence electrons. The average molecular weight is 359 g/mol. The van der Waals surface area contributed by atoms with E-state index in [1.54, 1.807) is 7.05 Å². The maximum atomic E-state index is 10.3. The van der Waals surface area contributed by atoms with Crippen LogP contribution in [0.25, 0.3) is 0 Å². The Morgan fingerprint density at radius 3 is 2.80 bits per heavy atom. The molecule has 1 aromatic heterocycles. The first-order chi connectivity index (χ1) is 12.2. The van der Waals surface area contributed by atoms with Gasteiger partial charge in [0.25, 0.3) is 0 Å². The van der Waals surface area contributed by atoms with Gasteiger partial charge in [0.15, 0.2) is 5.96 Å². The lowest BCUT2D eigenvalue weighted by Crippen LogP contribution is -2.40. The van der Waals surface area contributed by atoms with Crippen molar-refractivity contribution in [3.63, 3.8) is 0 Å². The van der Waals surface area contributed by atoms with Gasteiger partial charge in [0.2, 0.25) is 0 Å². The number of nitrogens with zero attached hydrogens (tertiary/aromatic N) is 3. The minimum Gasteiger partial charge on any atom is -0.387 e. The van der Waals surface area contributed by atoms with Crippen LogP contribution in [0, 0.1) is 0 Å². The van der Waals surface area contributed by atoms with E-state index in [1.807, 2.05) is 48.7 Å². The first-order valence-corrected chi connectivity index (χ1v) is 9.61. The van der Waals surface area contributed by atoms with E-state index in [1.165, 1.54) is 29.8 Å². The van der Waals surface area contributed by atoms with Crippen molar-refractivity contribution in [2.24, 2.45) is 4.99 Å². The Hall–Kier alpha value is -1.92. The second kappa shape index (κ2) is 8.45. The zero-order chi connectivity index (χ0) is 17.6. The molecule has 0 saturated carbocycles. The van der Waals surface area contributed by atoms with Crippen molar-refractivity contribution in [1.29, 1.82) is 0 Å². The van der Waals surface area contributed by atoms with Crippen LogP contribution < -0.4 is 5.32 Å². The Morgan fingerprint density at radius 1 is 1.32 bits per heavy atom. The smallest absolute Gasteiger partial charge is 0.193 e. The number of aromatic nitrogens is 1. The van der Waals surface area contributed by atoms with Gasteiger partial charge in [-0.15, -0.1) is 11.3 Å². The highest BCUT2D eigenvalue weighted by molar-refractivity contribution is 7.11. The number of benzene rings is 1. The molecule has 1 unspecified atom stereocenters. The fourth-order valence-corrected chi connectivity index (χ4v) is 4.33. The third-order valence-corrected chi connectivity index (χ3v) is 5.62. The molecule has 25 heavy (non-hydrogen) atoms. The quantitative estimate of drug-likeness (QED) is 0.637. The van der Waals surface area contributed by atoms with Gasteiger partial charge in [-0.05, 0) is 31.2 Å². The molecule has 1 aliphatic rings. The monoisotopic (exact) mass is 358 g/mol. The largest absolute Gasteiger partial charge is 0.387 e. The standard InChI is InChI=1S/C19H26N4OS/c1-20-19(21-12-16(24)14-8-4-3-5-9-14)23(2)13-18-22-15-10-6-7-11-17(15)25-18/h3-5,8-9,16,24H,6-7,10-13H2,1-2H3,(H,20,21). The molecular formula is C19H26N4OS. The van der Waals surface area contributed by atoms with Crippen LogP contribution in [-0.4, -0.2) is 41.6 Å². The lowest BCUT2D eigenvalue weighted by molar-refractivity contribution is 0.179. The molecule has 0 aliphatic heterocycles. The summed E-state index contributed by atoms with van der Waals surface area (Å²) in [5.74, 6) is 0.767. The van der Waals surface area contributed by atoms with E-state index in [9.17, 15) is 5.11 Å². The van der Waals surface area contributed by atoms with Gasteiger partial charge in [0, 0.05) is 25.5 Å². The molecule has 0 saturated heterocycles. The summed E-state index contributed by atoms with van der Waals surface area (Å²) in [6, 6.07) is 9.68. The second-order valence-electron chi connectivity index (χ2n) is 6.40. The van der Waals surface area contributed by atoms with Crippen LogP contribution in [0.15, 0.2) is 35.3 Å². The molecule has 0 fully saturated rings. The van der Waals surface area contributed by atoms with Crippen molar-refractivity contribution < 1.29 is 5.11 Å². The van der Waals surface area contributed by atoms with Crippen molar-refractivity contribution >= 4 is 17.3 Å². The summed E-state index contributed by atoms with van der Waals surface area (Å²) in [4.78, 5) is 12.6. The molecule has 2 aromatic rings. The third-order valence-electron chi connectivity index (χ3n) is 4.47. The van der Waals surface area contributed by atoms with Crippen LogP contribution in [0.5, 0.6) is 0 Å². The maximum Gasteiger partial charge on any atom is 0.193 e. The molecule has 3 rings (SSSR count). The number of hydrogen-bond acceptors (Lipinski definition) is 4. The highest BCUT2D eigenvalue weighted by atomic mass is 32.1. The molecule has 0 radical (unpaired) electrons. The normalized spacial score (nSPS) is 15.6. The first-order valence-electron chi connectivity index (χ1n) is 8.79. The van der Waals surface area contributed by atoms with Crippen LogP contribution >= 0.6 is 11.3 Å². The number of guanidine groups is 1. The van der Waals surface area contributed by atoms with Gasteiger partial charge in [-0.3, -0.25) is 4.99 Å². The maximum absolute atomic E-state index is 10.3. The van der Waals surface area contributed by atoms with E-state index in [-0.39, 0.29) is 0 Å². The Kier molecular flexibility index (Phi) is 6.04. The van der Waals surface area contributed by atoms with Gasteiger partial charge in [-0.1, -0.05) is 30.3 Å². The van der Waals surface area contributed by atoms with E-state index < -0.39 is 6.10 Å². The molecule has 0 bridgehead atoms. The van der Waals surface area contributed by atoms with Crippen molar-refractivity contribution in [3.8, 4) is 0 Å². The molecule has 6 heteroatoms. The molecular weight excluding hydrogens is 332 g/mol. The summed E-state index contributed by atoms with van der Waals surface area (Å²) in [5.41, 5.74) is 2.20. The summed E-state index contributed by atoms with van der Waals surface area (Å²) >= 11 is 1.83. The van der Waals surface area contributed by atoms with Crippen molar-refractivity contribution in [2.45, 2.75) is 38.3 Å². The number of aliphatic imine (C=N–C) groups is 1. The first kappa shape index (κ1) is 17.9. The summed E-state index contributed by atoms with van der Waals surface area (Å²) in [6.07, 6.45) is 4.27. The minimum absolute atomic E-state index is 0.426. The van der Waals surface area contributed by atoms with Gasteiger partial charge in [0.1, 0.15) is 5.01 Å². The van der Waals surface area contributed by atoms with E-state index in [0.717, 1.165) is 29.5 Å². The van der Waals surface area contributed by atoms with Gasteiger partial charge in [-0.2, -0.15) is 0 Å². The molecule has 1 aliphatic carbocycles.